The molecule has 2 rings (SSSR count). The molecule has 0 radical (unpaired) electrons. The Labute approximate surface area is 183 Å². The summed E-state index contributed by atoms with van der Waals surface area (Å²) in [5.74, 6) is 2.24. The molecule has 1 saturated carbocycles. The predicted molar refractivity (Wildman–Crippen MR) is 123 cm³/mol. The number of nitrogens with zero attached hydrogens (tertiary/aromatic N) is 2. The van der Waals surface area contributed by atoms with Gasteiger partial charge in [0.05, 0.1) is 19.3 Å². The van der Waals surface area contributed by atoms with Crippen LogP contribution < -0.4 is 10.6 Å². The van der Waals surface area contributed by atoms with Crippen LogP contribution >= 0.6 is 24.0 Å². The molecule has 0 aromatic carbocycles. The Morgan fingerprint density at radius 2 is 1.93 bits per heavy atom. The van der Waals surface area contributed by atoms with Crippen LogP contribution in [0.3, 0.4) is 0 Å². The highest BCUT2D eigenvalue weighted by molar-refractivity contribution is 14.0. The number of guanidine groups is 1. The van der Waals surface area contributed by atoms with Crippen molar-refractivity contribution in [3.8, 4) is 0 Å². The summed E-state index contributed by atoms with van der Waals surface area (Å²) >= 11 is 0. The van der Waals surface area contributed by atoms with Crippen molar-refractivity contribution in [2.45, 2.75) is 52.1 Å². The lowest BCUT2D eigenvalue weighted by atomic mass is 9.98. The van der Waals surface area contributed by atoms with Gasteiger partial charge in [0.15, 0.2) is 5.96 Å². The molecule has 160 valence electrons. The number of aliphatic imine (C=N–C) groups is 1. The van der Waals surface area contributed by atoms with Crippen molar-refractivity contribution in [3.05, 3.63) is 0 Å². The molecule has 1 heterocycles. The molecule has 27 heavy (non-hydrogen) atoms. The lowest BCUT2D eigenvalue weighted by Crippen LogP contribution is -2.44. The third-order valence-corrected chi connectivity index (χ3v) is 5.54. The van der Waals surface area contributed by atoms with Crippen LogP contribution in [-0.2, 0) is 9.47 Å². The first-order valence-corrected chi connectivity index (χ1v) is 10.6. The van der Waals surface area contributed by atoms with E-state index in [1.807, 2.05) is 7.05 Å². The van der Waals surface area contributed by atoms with Gasteiger partial charge in [-0.2, -0.15) is 0 Å². The Morgan fingerprint density at radius 3 is 2.56 bits per heavy atom. The molecule has 2 aliphatic rings. The zero-order chi connectivity index (χ0) is 18.6. The molecule has 0 bridgehead atoms. The van der Waals surface area contributed by atoms with Gasteiger partial charge in [-0.1, -0.05) is 19.8 Å². The van der Waals surface area contributed by atoms with Crippen LogP contribution in [0.5, 0.6) is 0 Å². The van der Waals surface area contributed by atoms with E-state index in [9.17, 15) is 0 Å². The van der Waals surface area contributed by atoms with Crippen LogP contribution in [0.15, 0.2) is 4.99 Å². The first kappa shape index (κ1) is 24.9. The lowest BCUT2D eigenvalue weighted by molar-refractivity contribution is 0.0169. The summed E-state index contributed by atoms with van der Waals surface area (Å²) in [5.41, 5.74) is 0. The minimum absolute atomic E-state index is 0. The van der Waals surface area contributed by atoms with Crippen molar-refractivity contribution in [2.24, 2.45) is 16.8 Å². The van der Waals surface area contributed by atoms with Crippen molar-refractivity contribution >= 4 is 29.9 Å². The lowest BCUT2D eigenvalue weighted by Gasteiger charge is -2.29. The smallest absolute Gasteiger partial charge is 0.190 e. The maximum atomic E-state index is 6.01. The number of hydrogen-bond acceptors (Lipinski definition) is 4. The largest absolute Gasteiger partial charge is 0.379 e. The monoisotopic (exact) mass is 496 g/mol. The number of halogens is 1. The molecule has 0 spiro atoms. The molecular formula is C20H41IN4O2. The first-order valence-electron chi connectivity index (χ1n) is 10.6. The van der Waals surface area contributed by atoms with E-state index in [0.29, 0.717) is 12.0 Å². The van der Waals surface area contributed by atoms with E-state index in [4.69, 9.17) is 9.47 Å². The highest BCUT2D eigenvalue weighted by atomic mass is 127. The van der Waals surface area contributed by atoms with Crippen LogP contribution in [0.2, 0.25) is 0 Å². The number of rotatable bonds is 10. The minimum Gasteiger partial charge on any atom is -0.379 e. The number of hydrogen-bond donors (Lipinski definition) is 2. The standard InChI is InChI=1S/C20H40N4O2.HI/c1-4-26-19(18-7-5-6-8-18)9-10-22-20(21-3)23-15-17(2)16-24-11-13-25-14-12-24;/h17-19H,4-16H2,1-3H3,(H2,21,22,23);1H. The van der Waals surface area contributed by atoms with Gasteiger partial charge in [-0.05, 0) is 38.0 Å². The van der Waals surface area contributed by atoms with Gasteiger partial charge in [0.25, 0.3) is 0 Å². The fourth-order valence-electron chi connectivity index (χ4n) is 4.11. The van der Waals surface area contributed by atoms with Crippen molar-refractivity contribution in [1.29, 1.82) is 0 Å². The second-order valence-electron chi connectivity index (χ2n) is 7.73. The molecule has 7 heteroatoms. The van der Waals surface area contributed by atoms with Crippen LogP contribution in [0.25, 0.3) is 0 Å². The first-order chi connectivity index (χ1) is 12.7. The van der Waals surface area contributed by atoms with E-state index in [0.717, 1.165) is 70.8 Å². The van der Waals surface area contributed by atoms with Crippen LogP contribution in [0.1, 0.15) is 46.0 Å². The van der Waals surface area contributed by atoms with Crippen molar-refractivity contribution in [1.82, 2.24) is 15.5 Å². The molecule has 6 nitrogen and oxygen atoms in total. The Hall–Kier alpha value is -0.120. The molecule has 2 fully saturated rings. The molecule has 0 aromatic rings. The fraction of sp³-hybridized carbons (Fsp3) is 0.950. The Bertz CT molecular complexity index is 399. The summed E-state index contributed by atoms with van der Waals surface area (Å²) in [5, 5.41) is 6.94. The second-order valence-corrected chi connectivity index (χ2v) is 7.73. The fourth-order valence-corrected chi connectivity index (χ4v) is 4.11. The average Bonchev–Trinajstić information content (AvgIpc) is 3.19. The van der Waals surface area contributed by atoms with E-state index < -0.39 is 0 Å². The van der Waals surface area contributed by atoms with Gasteiger partial charge in [0.1, 0.15) is 0 Å². The van der Waals surface area contributed by atoms with E-state index in [1.165, 1.54) is 25.7 Å². The highest BCUT2D eigenvalue weighted by Crippen LogP contribution is 2.30. The summed E-state index contributed by atoms with van der Waals surface area (Å²) in [6.07, 6.45) is 6.85. The van der Waals surface area contributed by atoms with Crippen LogP contribution in [0, 0.1) is 11.8 Å². The van der Waals surface area contributed by atoms with Gasteiger partial charge in [-0.25, -0.2) is 0 Å². The summed E-state index contributed by atoms with van der Waals surface area (Å²) in [4.78, 5) is 6.85. The Kier molecular flexibility index (Phi) is 13.7. The van der Waals surface area contributed by atoms with E-state index in [2.05, 4.69) is 34.4 Å². The molecule has 2 N–H and O–H groups in total. The SMILES string of the molecule is CCOC(CCNC(=NC)NCC(C)CN1CCOCC1)C1CCCC1.I. The minimum atomic E-state index is 0. The molecule has 1 aliphatic carbocycles. The maximum Gasteiger partial charge on any atom is 0.190 e. The summed E-state index contributed by atoms with van der Waals surface area (Å²) in [6.45, 7) is 12.0. The van der Waals surface area contributed by atoms with Crippen molar-refractivity contribution in [3.63, 3.8) is 0 Å². The molecule has 1 saturated heterocycles. The average molecular weight is 496 g/mol. The second kappa shape index (κ2) is 14.8. The number of ether oxygens (including phenoxy) is 2. The molecule has 2 unspecified atom stereocenters. The summed E-state index contributed by atoms with van der Waals surface area (Å²) < 4.78 is 11.4. The zero-order valence-corrected chi connectivity index (χ0v) is 19.9. The van der Waals surface area contributed by atoms with Crippen LogP contribution in [-0.4, -0.2) is 76.6 Å². The van der Waals surface area contributed by atoms with E-state index in [-0.39, 0.29) is 24.0 Å². The Balaban J connectivity index is 0.00000364. The van der Waals surface area contributed by atoms with Gasteiger partial charge >= 0.3 is 0 Å². The number of nitrogens with one attached hydrogen (secondary N) is 2. The number of morpholine rings is 1. The van der Waals surface area contributed by atoms with Gasteiger partial charge in [-0.15, -0.1) is 24.0 Å². The maximum absolute atomic E-state index is 6.01. The van der Waals surface area contributed by atoms with Crippen molar-refractivity contribution < 1.29 is 9.47 Å². The third kappa shape index (κ3) is 9.76. The topological polar surface area (TPSA) is 58.1 Å². The normalized spacial score (nSPS) is 21.5. The van der Waals surface area contributed by atoms with E-state index in [1.54, 1.807) is 0 Å². The van der Waals surface area contributed by atoms with E-state index >= 15 is 0 Å². The van der Waals surface area contributed by atoms with Crippen molar-refractivity contribution in [2.75, 3.05) is 59.6 Å². The quantitative estimate of drug-likeness (QED) is 0.277. The molecule has 0 amide bonds. The van der Waals surface area contributed by atoms with Gasteiger partial charge in [0.2, 0.25) is 0 Å². The molecule has 1 aliphatic heterocycles. The van der Waals surface area contributed by atoms with Gasteiger partial charge in [-0.3, -0.25) is 9.89 Å². The predicted octanol–water partition coefficient (Wildman–Crippen LogP) is 2.72. The van der Waals surface area contributed by atoms with Gasteiger partial charge in [0, 0.05) is 46.4 Å². The zero-order valence-electron chi connectivity index (χ0n) is 17.5. The van der Waals surface area contributed by atoms with Gasteiger partial charge < -0.3 is 20.1 Å². The van der Waals surface area contributed by atoms with Crippen LogP contribution in [0.4, 0.5) is 0 Å². The summed E-state index contributed by atoms with van der Waals surface area (Å²) in [7, 11) is 1.85. The third-order valence-electron chi connectivity index (χ3n) is 5.54. The Morgan fingerprint density at radius 1 is 1.22 bits per heavy atom. The molecule has 0 aromatic heterocycles. The molecular weight excluding hydrogens is 455 g/mol. The highest BCUT2D eigenvalue weighted by Gasteiger charge is 2.25. The summed E-state index contributed by atoms with van der Waals surface area (Å²) in [6, 6.07) is 0. The molecule has 2 atom stereocenters.